The number of likely N-dealkylation sites (N-methyl/N-ethyl adjacent to an activating group) is 1. The van der Waals surface area contributed by atoms with E-state index in [9.17, 15) is 4.79 Å². The Morgan fingerprint density at radius 1 is 1.42 bits per heavy atom. The Balaban J connectivity index is 2.56. The number of hydrogen-bond donors (Lipinski definition) is 2. The zero-order valence-corrected chi connectivity index (χ0v) is 11.8. The molecule has 0 aliphatic rings. The van der Waals surface area contributed by atoms with Crippen molar-refractivity contribution in [2.24, 2.45) is 0 Å². The number of methoxy groups -OCH3 is 1. The van der Waals surface area contributed by atoms with E-state index in [0.29, 0.717) is 13.2 Å². The molecule has 5 nitrogen and oxygen atoms in total. The van der Waals surface area contributed by atoms with Crippen LogP contribution in [0.1, 0.15) is 13.8 Å². The molecule has 0 bridgehead atoms. The molecule has 0 heterocycles. The molecule has 0 fully saturated rings. The van der Waals surface area contributed by atoms with Crippen LogP contribution < -0.4 is 16.0 Å². The number of carbonyl (C=O) groups is 1. The van der Waals surface area contributed by atoms with Crippen LogP contribution in [-0.2, 0) is 9.53 Å². The third-order valence-electron chi connectivity index (χ3n) is 2.80. The van der Waals surface area contributed by atoms with Crippen molar-refractivity contribution in [2.75, 3.05) is 37.4 Å². The van der Waals surface area contributed by atoms with Gasteiger partial charge in [-0.05, 0) is 38.1 Å². The highest BCUT2D eigenvalue weighted by Crippen LogP contribution is 2.15. The van der Waals surface area contributed by atoms with Gasteiger partial charge in [-0.25, -0.2) is 0 Å². The van der Waals surface area contributed by atoms with Gasteiger partial charge in [0.2, 0.25) is 5.91 Å². The molecule has 0 spiro atoms. The van der Waals surface area contributed by atoms with E-state index in [1.807, 2.05) is 43.0 Å². The van der Waals surface area contributed by atoms with E-state index in [0.717, 1.165) is 17.9 Å². The minimum Gasteiger partial charge on any atom is -0.399 e. The Morgan fingerprint density at radius 2 is 2.05 bits per heavy atom. The second-order valence-corrected chi connectivity index (χ2v) is 4.53. The predicted molar refractivity (Wildman–Crippen MR) is 78.2 cm³/mol. The summed E-state index contributed by atoms with van der Waals surface area (Å²) in [5.74, 6) is -0.0109. The fraction of sp³-hybridized carbons (Fsp3) is 0.500. The summed E-state index contributed by atoms with van der Waals surface area (Å²) >= 11 is 0. The van der Waals surface area contributed by atoms with Gasteiger partial charge in [0.25, 0.3) is 0 Å². The van der Waals surface area contributed by atoms with E-state index in [1.165, 1.54) is 0 Å². The number of nitrogens with one attached hydrogen (secondary N) is 1. The van der Waals surface area contributed by atoms with E-state index in [4.69, 9.17) is 10.5 Å². The molecule has 3 N–H and O–H groups in total. The van der Waals surface area contributed by atoms with Crippen LogP contribution in [0.25, 0.3) is 0 Å². The number of nitrogen functional groups attached to an aromatic ring is 1. The van der Waals surface area contributed by atoms with Gasteiger partial charge in [-0.2, -0.15) is 0 Å². The summed E-state index contributed by atoms with van der Waals surface area (Å²) in [5, 5.41) is 2.90. The number of anilines is 2. The van der Waals surface area contributed by atoms with Crippen LogP contribution in [0.2, 0.25) is 0 Å². The molecule has 5 heteroatoms. The average molecular weight is 265 g/mol. The van der Waals surface area contributed by atoms with E-state index >= 15 is 0 Å². The van der Waals surface area contributed by atoms with E-state index < -0.39 is 0 Å². The van der Waals surface area contributed by atoms with Crippen molar-refractivity contribution in [1.82, 2.24) is 5.32 Å². The second-order valence-electron chi connectivity index (χ2n) is 4.53. The topological polar surface area (TPSA) is 67.6 Å². The number of carbonyl (C=O) groups excluding carboxylic acids is 1. The predicted octanol–water partition coefficient (Wildman–Crippen LogP) is 1.25. The number of ether oxygens (including phenoxy) is 1. The highest BCUT2D eigenvalue weighted by atomic mass is 16.5. The number of amides is 1. The second kappa shape index (κ2) is 7.63. The molecule has 0 aliphatic heterocycles. The molecule has 0 radical (unpaired) electrons. The van der Waals surface area contributed by atoms with Crippen molar-refractivity contribution in [3.8, 4) is 0 Å². The van der Waals surface area contributed by atoms with Gasteiger partial charge in [0.1, 0.15) is 0 Å². The normalized spacial score (nSPS) is 11.9. The van der Waals surface area contributed by atoms with Gasteiger partial charge >= 0.3 is 0 Å². The van der Waals surface area contributed by atoms with Gasteiger partial charge in [-0.15, -0.1) is 0 Å². The smallest absolute Gasteiger partial charge is 0.239 e. The van der Waals surface area contributed by atoms with Crippen molar-refractivity contribution in [2.45, 2.75) is 19.9 Å². The first-order chi connectivity index (χ1) is 9.06. The first-order valence-electron chi connectivity index (χ1n) is 6.45. The first kappa shape index (κ1) is 15.3. The standard InChI is InChI=1S/C14H23N3O2/c1-4-17(13-7-5-12(15)6-8-13)9-14(18)16-11(2)10-19-3/h5-8,11H,4,9-10,15H2,1-3H3,(H,16,18). The van der Waals surface area contributed by atoms with E-state index in [1.54, 1.807) is 7.11 Å². The summed E-state index contributed by atoms with van der Waals surface area (Å²) < 4.78 is 4.99. The molecule has 0 saturated heterocycles. The van der Waals surface area contributed by atoms with Crippen LogP contribution in [0.4, 0.5) is 11.4 Å². The Kier molecular flexibility index (Phi) is 6.15. The minimum atomic E-state index is -0.0109. The van der Waals surface area contributed by atoms with Crippen LogP contribution in [-0.4, -0.2) is 38.8 Å². The maximum Gasteiger partial charge on any atom is 0.239 e. The minimum absolute atomic E-state index is 0.0109. The van der Waals surface area contributed by atoms with Crippen LogP contribution in [0.5, 0.6) is 0 Å². The molecule has 1 unspecified atom stereocenters. The number of benzene rings is 1. The molecular weight excluding hydrogens is 242 g/mol. The van der Waals surface area contributed by atoms with Gasteiger partial charge in [-0.1, -0.05) is 0 Å². The molecule has 0 saturated carbocycles. The lowest BCUT2D eigenvalue weighted by Gasteiger charge is -2.23. The zero-order chi connectivity index (χ0) is 14.3. The fourth-order valence-electron chi connectivity index (χ4n) is 1.86. The maximum atomic E-state index is 11.9. The molecular formula is C14H23N3O2. The van der Waals surface area contributed by atoms with Crippen LogP contribution in [0.3, 0.4) is 0 Å². The summed E-state index contributed by atoms with van der Waals surface area (Å²) in [6.45, 7) is 5.54. The van der Waals surface area contributed by atoms with Crippen LogP contribution in [0.15, 0.2) is 24.3 Å². The largest absolute Gasteiger partial charge is 0.399 e. The van der Waals surface area contributed by atoms with Crippen molar-refractivity contribution in [1.29, 1.82) is 0 Å². The van der Waals surface area contributed by atoms with Crippen molar-refractivity contribution in [3.05, 3.63) is 24.3 Å². The summed E-state index contributed by atoms with van der Waals surface area (Å²) in [5.41, 5.74) is 7.37. The molecule has 19 heavy (non-hydrogen) atoms. The van der Waals surface area contributed by atoms with E-state index in [-0.39, 0.29) is 11.9 Å². The van der Waals surface area contributed by atoms with Crippen molar-refractivity contribution < 1.29 is 9.53 Å². The summed E-state index contributed by atoms with van der Waals surface area (Å²) in [7, 11) is 1.62. The zero-order valence-electron chi connectivity index (χ0n) is 11.8. The van der Waals surface area contributed by atoms with Crippen molar-refractivity contribution in [3.63, 3.8) is 0 Å². The lowest BCUT2D eigenvalue weighted by atomic mass is 10.2. The molecule has 1 aromatic rings. The number of rotatable bonds is 7. The SMILES string of the molecule is CCN(CC(=O)NC(C)COC)c1ccc(N)cc1. The van der Waals surface area contributed by atoms with Crippen molar-refractivity contribution >= 4 is 17.3 Å². The van der Waals surface area contributed by atoms with Gasteiger partial charge < -0.3 is 20.7 Å². The van der Waals surface area contributed by atoms with Gasteiger partial charge in [-0.3, -0.25) is 4.79 Å². The summed E-state index contributed by atoms with van der Waals surface area (Å²) in [6, 6.07) is 7.53. The first-order valence-corrected chi connectivity index (χ1v) is 6.45. The molecule has 1 amide bonds. The number of nitrogens with zero attached hydrogens (tertiary/aromatic N) is 1. The summed E-state index contributed by atoms with van der Waals surface area (Å²) in [6.07, 6.45) is 0. The third kappa shape index (κ3) is 5.18. The Labute approximate surface area is 114 Å². The van der Waals surface area contributed by atoms with Crippen LogP contribution >= 0.6 is 0 Å². The van der Waals surface area contributed by atoms with Crippen LogP contribution in [0, 0.1) is 0 Å². The maximum absolute atomic E-state index is 11.9. The monoisotopic (exact) mass is 265 g/mol. The van der Waals surface area contributed by atoms with Gasteiger partial charge in [0.15, 0.2) is 0 Å². The Hall–Kier alpha value is -1.75. The van der Waals surface area contributed by atoms with E-state index in [2.05, 4.69) is 5.32 Å². The third-order valence-corrected chi connectivity index (χ3v) is 2.80. The molecule has 106 valence electrons. The molecule has 1 aromatic carbocycles. The Bertz CT molecular complexity index is 392. The fourth-order valence-corrected chi connectivity index (χ4v) is 1.86. The lowest BCUT2D eigenvalue weighted by molar-refractivity contribution is -0.120. The molecule has 0 aliphatic carbocycles. The number of nitrogens with two attached hydrogens (primary N) is 1. The van der Waals surface area contributed by atoms with Gasteiger partial charge in [0, 0.05) is 31.1 Å². The molecule has 1 atom stereocenters. The Morgan fingerprint density at radius 3 is 2.58 bits per heavy atom. The van der Waals surface area contributed by atoms with Gasteiger partial charge in [0.05, 0.1) is 13.2 Å². The number of hydrogen-bond acceptors (Lipinski definition) is 4. The highest BCUT2D eigenvalue weighted by molar-refractivity contribution is 5.81. The average Bonchev–Trinajstić information content (AvgIpc) is 2.37. The summed E-state index contributed by atoms with van der Waals surface area (Å²) in [4.78, 5) is 13.9. The molecule has 1 rings (SSSR count). The molecule has 0 aromatic heterocycles. The highest BCUT2D eigenvalue weighted by Gasteiger charge is 2.12. The lowest BCUT2D eigenvalue weighted by Crippen LogP contribution is -2.42. The quantitative estimate of drug-likeness (QED) is 0.728.